The van der Waals surface area contributed by atoms with Crippen molar-refractivity contribution in [2.24, 2.45) is 0 Å². The van der Waals surface area contributed by atoms with E-state index in [0.717, 1.165) is 0 Å². The van der Waals surface area contributed by atoms with E-state index in [1.807, 2.05) is 0 Å². The molecule has 0 aliphatic carbocycles. The third-order valence-corrected chi connectivity index (χ3v) is 3.17. The maximum atomic E-state index is 13.1. The number of aromatic nitrogens is 1. The quantitative estimate of drug-likeness (QED) is 0.785. The number of halogens is 1. The zero-order valence-electron chi connectivity index (χ0n) is 10.3. The number of pyridine rings is 1. The van der Waals surface area contributed by atoms with Crippen LogP contribution in [0.1, 0.15) is 10.5 Å². The van der Waals surface area contributed by atoms with Gasteiger partial charge in [0, 0.05) is 18.5 Å². The molecule has 1 aliphatic heterocycles. The molecule has 1 amide bonds. The summed E-state index contributed by atoms with van der Waals surface area (Å²) < 4.78 is 18.3. The largest absolute Gasteiger partial charge is 0.378 e. The van der Waals surface area contributed by atoms with Crippen LogP contribution in [-0.4, -0.2) is 42.1 Å². The van der Waals surface area contributed by atoms with Crippen molar-refractivity contribution in [2.45, 2.75) is 0 Å². The first-order valence-corrected chi connectivity index (χ1v) is 6.17. The lowest BCUT2D eigenvalue weighted by molar-refractivity contribution is 0.0299. The molecular formula is C14H13FN2O2. The number of hydrogen-bond acceptors (Lipinski definition) is 3. The van der Waals surface area contributed by atoms with E-state index in [1.165, 1.54) is 12.1 Å². The second-order valence-corrected chi connectivity index (χ2v) is 4.44. The van der Waals surface area contributed by atoms with E-state index in [-0.39, 0.29) is 11.7 Å². The number of carbonyl (C=O) groups excluding carboxylic acids is 1. The Labute approximate surface area is 109 Å². The Morgan fingerprint density at radius 1 is 1.21 bits per heavy atom. The Balaban J connectivity index is 1.92. The number of rotatable bonds is 1. The molecule has 2 heterocycles. The van der Waals surface area contributed by atoms with E-state index in [9.17, 15) is 9.18 Å². The van der Waals surface area contributed by atoms with Crippen molar-refractivity contribution >= 4 is 16.8 Å². The molecule has 2 aromatic rings. The Morgan fingerprint density at radius 3 is 2.79 bits per heavy atom. The Kier molecular flexibility index (Phi) is 3.13. The van der Waals surface area contributed by atoms with Crippen LogP contribution in [0.25, 0.3) is 10.9 Å². The van der Waals surface area contributed by atoms with Crippen LogP contribution in [0.3, 0.4) is 0 Å². The summed E-state index contributed by atoms with van der Waals surface area (Å²) in [6, 6.07) is 7.70. The first kappa shape index (κ1) is 12.0. The van der Waals surface area contributed by atoms with Crippen molar-refractivity contribution in [3.05, 3.63) is 41.8 Å². The number of nitrogens with zero attached hydrogens (tertiary/aromatic N) is 2. The second kappa shape index (κ2) is 4.93. The molecule has 1 saturated heterocycles. The highest BCUT2D eigenvalue weighted by atomic mass is 19.1. The van der Waals surface area contributed by atoms with Crippen LogP contribution in [0, 0.1) is 5.82 Å². The highest BCUT2D eigenvalue weighted by molar-refractivity contribution is 5.95. The Hall–Kier alpha value is -2.01. The zero-order chi connectivity index (χ0) is 13.2. The van der Waals surface area contributed by atoms with Crippen LogP contribution in [-0.2, 0) is 4.74 Å². The molecule has 98 valence electrons. The minimum absolute atomic E-state index is 0.102. The summed E-state index contributed by atoms with van der Waals surface area (Å²) in [4.78, 5) is 18.3. The van der Waals surface area contributed by atoms with Crippen LogP contribution in [0.15, 0.2) is 30.3 Å². The fourth-order valence-corrected chi connectivity index (χ4v) is 2.14. The van der Waals surface area contributed by atoms with Crippen molar-refractivity contribution in [1.29, 1.82) is 0 Å². The number of carbonyl (C=O) groups is 1. The van der Waals surface area contributed by atoms with Gasteiger partial charge in [-0.1, -0.05) is 6.07 Å². The van der Waals surface area contributed by atoms with E-state index in [2.05, 4.69) is 4.98 Å². The summed E-state index contributed by atoms with van der Waals surface area (Å²) >= 11 is 0. The topological polar surface area (TPSA) is 42.4 Å². The Bertz CT molecular complexity index is 624. The van der Waals surface area contributed by atoms with E-state index in [4.69, 9.17) is 4.74 Å². The average molecular weight is 260 g/mol. The molecule has 1 aromatic heterocycles. The molecule has 1 aromatic carbocycles. The van der Waals surface area contributed by atoms with Gasteiger partial charge in [-0.25, -0.2) is 9.37 Å². The number of ether oxygens (including phenoxy) is 1. The lowest BCUT2D eigenvalue weighted by atomic mass is 10.2. The predicted octanol–water partition coefficient (Wildman–Crippen LogP) is 1.85. The van der Waals surface area contributed by atoms with Crippen molar-refractivity contribution in [3.63, 3.8) is 0 Å². The smallest absolute Gasteiger partial charge is 0.272 e. The lowest BCUT2D eigenvalue weighted by Crippen LogP contribution is -2.41. The van der Waals surface area contributed by atoms with Gasteiger partial charge in [-0.2, -0.15) is 0 Å². The molecule has 0 saturated carbocycles. The minimum Gasteiger partial charge on any atom is -0.378 e. The van der Waals surface area contributed by atoms with Gasteiger partial charge in [-0.15, -0.1) is 0 Å². The monoisotopic (exact) mass is 260 g/mol. The van der Waals surface area contributed by atoms with Gasteiger partial charge in [0.15, 0.2) is 0 Å². The van der Waals surface area contributed by atoms with E-state index in [1.54, 1.807) is 23.1 Å². The molecule has 4 nitrogen and oxygen atoms in total. The summed E-state index contributed by atoms with van der Waals surface area (Å²) in [6.07, 6.45) is 0. The van der Waals surface area contributed by atoms with Gasteiger partial charge in [0.05, 0.1) is 18.7 Å². The fourth-order valence-electron chi connectivity index (χ4n) is 2.14. The van der Waals surface area contributed by atoms with Gasteiger partial charge in [0.25, 0.3) is 5.91 Å². The van der Waals surface area contributed by atoms with Gasteiger partial charge in [-0.3, -0.25) is 4.79 Å². The molecule has 0 radical (unpaired) electrons. The molecule has 5 heteroatoms. The summed E-state index contributed by atoms with van der Waals surface area (Å²) in [5.41, 5.74) is 1.02. The van der Waals surface area contributed by atoms with E-state index in [0.29, 0.717) is 42.9 Å². The third kappa shape index (κ3) is 2.42. The first-order valence-electron chi connectivity index (χ1n) is 6.17. The third-order valence-electron chi connectivity index (χ3n) is 3.17. The number of morpholine rings is 1. The molecule has 0 bridgehead atoms. The normalized spacial score (nSPS) is 15.7. The summed E-state index contributed by atoms with van der Waals surface area (Å²) in [5.74, 6) is -0.406. The van der Waals surface area contributed by atoms with Crippen LogP contribution in [0.4, 0.5) is 4.39 Å². The summed E-state index contributed by atoms with van der Waals surface area (Å²) in [7, 11) is 0. The Morgan fingerprint density at radius 2 is 2.00 bits per heavy atom. The average Bonchev–Trinajstić information content (AvgIpc) is 2.47. The number of hydrogen-bond donors (Lipinski definition) is 0. The number of fused-ring (bicyclic) bond motifs is 1. The molecule has 0 atom stereocenters. The van der Waals surface area contributed by atoms with Gasteiger partial charge >= 0.3 is 0 Å². The van der Waals surface area contributed by atoms with Crippen LogP contribution in [0.5, 0.6) is 0 Å². The molecular weight excluding hydrogens is 247 g/mol. The van der Waals surface area contributed by atoms with Crippen LogP contribution in [0.2, 0.25) is 0 Å². The lowest BCUT2D eigenvalue weighted by Gasteiger charge is -2.26. The predicted molar refractivity (Wildman–Crippen MR) is 68.4 cm³/mol. The van der Waals surface area contributed by atoms with Crippen LogP contribution >= 0.6 is 0 Å². The maximum Gasteiger partial charge on any atom is 0.272 e. The van der Waals surface area contributed by atoms with Gasteiger partial charge in [0.1, 0.15) is 11.5 Å². The zero-order valence-corrected chi connectivity index (χ0v) is 10.3. The molecule has 1 aliphatic rings. The highest BCUT2D eigenvalue weighted by Gasteiger charge is 2.19. The number of amides is 1. The molecule has 1 fully saturated rings. The summed E-state index contributed by atoms with van der Waals surface area (Å²) in [6.45, 7) is 2.29. The summed E-state index contributed by atoms with van der Waals surface area (Å²) in [5, 5.41) is 0.693. The molecule has 0 unspecified atom stereocenters. The minimum atomic E-state index is -0.304. The van der Waals surface area contributed by atoms with E-state index < -0.39 is 0 Å². The van der Waals surface area contributed by atoms with Crippen molar-refractivity contribution in [2.75, 3.05) is 26.3 Å². The first-order chi connectivity index (χ1) is 9.24. The molecule has 19 heavy (non-hydrogen) atoms. The van der Waals surface area contributed by atoms with Crippen molar-refractivity contribution in [3.8, 4) is 0 Å². The van der Waals surface area contributed by atoms with Crippen LogP contribution < -0.4 is 0 Å². The second-order valence-electron chi connectivity index (χ2n) is 4.44. The van der Waals surface area contributed by atoms with Crippen molar-refractivity contribution in [1.82, 2.24) is 9.88 Å². The highest BCUT2D eigenvalue weighted by Crippen LogP contribution is 2.15. The molecule has 0 spiro atoms. The SMILES string of the molecule is O=C(c1ccc2cc(F)ccc2n1)N1CCOCC1. The van der Waals surface area contributed by atoms with Crippen molar-refractivity contribution < 1.29 is 13.9 Å². The fraction of sp³-hybridized carbons (Fsp3) is 0.286. The van der Waals surface area contributed by atoms with Gasteiger partial charge in [0.2, 0.25) is 0 Å². The standard InChI is InChI=1S/C14H13FN2O2/c15-11-2-4-12-10(9-11)1-3-13(16-12)14(18)17-5-7-19-8-6-17/h1-4,9H,5-8H2. The molecule has 3 rings (SSSR count). The maximum absolute atomic E-state index is 13.1. The van der Waals surface area contributed by atoms with Gasteiger partial charge < -0.3 is 9.64 Å². The number of benzene rings is 1. The molecule has 0 N–H and O–H groups in total. The van der Waals surface area contributed by atoms with E-state index >= 15 is 0 Å². The van der Waals surface area contributed by atoms with Gasteiger partial charge in [-0.05, 0) is 24.3 Å².